The summed E-state index contributed by atoms with van der Waals surface area (Å²) in [4.78, 5) is 36.8. The zero-order valence-corrected chi connectivity index (χ0v) is 12.1. The first-order valence-corrected chi connectivity index (χ1v) is 7.18. The van der Waals surface area contributed by atoms with Crippen LogP contribution in [-0.2, 0) is 14.3 Å². The molecule has 1 aromatic heterocycles. The van der Waals surface area contributed by atoms with Crippen molar-refractivity contribution in [2.45, 2.75) is 19.3 Å². The van der Waals surface area contributed by atoms with E-state index in [0.717, 1.165) is 6.42 Å². The molecule has 0 aliphatic carbocycles. The lowest BCUT2D eigenvalue weighted by molar-refractivity contribution is -0.120. The molecule has 1 heterocycles. The average Bonchev–Trinajstić information content (AvgIpc) is 2.93. The smallest absolute Gasteiger partial charge is 0.407 e. The van der Waals surface area contributed by atoms with Crippen LogP contribution in [0.3, 0.4) is 0 Å². The second-order valence-electron chi connectivity index (χ2n) is 4.00. The minimum absolute atomic E-state index is 0.196. The number of anilines is 1. The van der Waals surface area contributed by atoms with E-state index in [2.05, 4.69) is 20.4 Å². The second kappa shape index (κ2) is 9.70. The molecule has 0 bridgehead atoms. The number of ether oxygens (including phenoxy) is 1. The van der Waals surface area contributed by atoms with Crippen molar-refractivity contribution in [3.63, 3.8) is 0 Å². The Bertz CT molecular complexity index is 464. The minimum Gasteiger partial charge on any atom is -0.439 e. The lowest BCUT2D eigenvalue weighted by atomic mass is 10.2. The lowest BCUT2D eigenvalue weighted by Crippen LogP contribution is -2.29. The van der Waals surface area contributed by atoms with Gasteiger partial charge in [-0.3, -0.25) is 9.59 Å². The number of carbonyl (C=O) groups is 3. The zero-order chi connectivity index (χ0) is 15.5. The number of rotatable bonds is 9. The van der Waals surface area contributed by atoms with E-state index in [1.165, 1.54) is 17.8 Å². The van der Waals surface area contributed by atoms with Gasteiger partial charge in [0.25, 0.3) is 5.91 Å². The Morgan fingerprint density at radius 1 is 1.38 bits per heavy atom. The summed E-state index contributed by atoms with van der Waals surface area (Å²) in [5.41, 5.74) is 4.82. The van der Waals surface area contributed by atoms with E-state index >= 15 is 0 Å². The summed E-state index contributed by atoms with van der Waals surface area (Å²) in [6.45, 7) is -0.0317. The topological polar surface area (TPSA) is 123 Å². The van der Waals surface area contributed by atoms with Crippen LogP contribution in [0.2, 0.25) is 0 Å². The third kappa shape index (κ3) is 8.58. The summed E-state index contributed by atoms with van der Waals surface area (Å²) in [5, 5.41) is 7.45. The van der Waals surface area contributed by atoms with E-state index in [-0.39, 0.29) is 5.91 Å². The SMILES string of the molecule is NC(=O)COC(=O)NCCCC[CH]C(=O)Nc1nccs1. The van der Waals surface area contributed by atoms with Gasteiger partial charge in [0, 0.05) is 24.5 Å². The molecule has 0 atom stereocenters. The molecule has 8 nitrogen and oxygen atoms in total. The van der Waals surface area contributed by atoms with Gasteiger partial charge in [-0.2, -0.15) is 0 Å². The van der Waals surface area contributed by atoms with Crippen molar-refractivity contribution < 1.29 is 19.1 Å². The van der Waals surface area contributed by atoms with Crippen LogP contribution < -0.4 is 16.4 Å². The largest absolute Gasteiger partial charge is 0.439 e. The Morgan fingerprint density at radius 2 is 2.19 bits per heavy atom. The molecule has 21 heavy (non-hydrogen) atoms. The van der Waals surface area contributed by atoms with Crippen LogP contribution in [0.4, 0.5) is 9.93 Å². The highest BCUT2D eigenvalue weighted by molar-refractivity contribution is 7.13. The fourth-order valence-corrected chi connectivity index (χ4v) is 1.85. The number of nitrogens with zero attached hydrogens (tertiary/aromatic N) is 1. The number of amides is 3. The number of unbranched alkanes of at least 4 members (excludes halogenated alkanes) is 2. The van der Waals surface area contributed by atoms with Gasteiger partial charge in [0.05, 0.1) is 0 Å². The van der Waals surface area contributed by atoms with Crippen molar-refractivity contribution in [3.8, 4) is 0 Å². The molecule has 1 rings (SSSR count). The highest BCUT2D eigenvalue weighted by Gasteiger charge is 2.05. The van der Waals surface area contributed by atoms with Gasteiger partial charge in [0.2, 0.25) is 5.91 Å². The van der Waals surface area contributed by atoms with Crippen molar-refractivity contribution in [1.82, 2.24) is 10.3 Å². The predicted octanol–water partition coefficient (Wildman–Crippen LogP) is 0.668. The third-order valence-corrected chi connectivity index (χ3v) is 2.93. The quantitative estimate of drug-likeness (QED) is 0.578. The Balaban J connectivity index is 1.95. The van der Waals surface area contributed by atoms with Gasteiger partial charge < -0.3 is 21.1 Å². The maximum atomic E-state index is 11.5. The maximum Gasteiger partial charge on any atom is 0.407 e. The lowest BCUT2D eigenvalue weighted by Gasteiger charge is -2.05. The van der Waals surface area contributed by atoms with Gasteiger partial charge in [-0.25, -0.2) is 9.78 Å². The van der Waals surface area contributed by atoms with E-state index in [0.29, 0.717) is 24.5 Å². The standard InChI is InChI=1S/C12H17N4O4S/c13-9(17)8-20-12(19)15-5-3-1-2-4-10(18)16-11-14-6-7-21-11/h4,6-7H,1-3,5,8H2,(H2,13,17)(H,15,19)(H,14,16,18). The third-order valence-electron chi connectivity index (χ3n) is 2.24. The van der Waals surface area contributed by atoms with Crippen LogP contribution in [0.1, 0.15) is 19.3 Å². The summed E-state index contributed by atoms with van der Waals surface area (Å²) >= 11 is 1.35. The number of thiazole rings is 1. The average molecular weight is 313 g/mol. The molecule has 1 aromatic rings. The Labute approximate surface area is 126 Å². The fourth-order valence-electron chi connectivity index (χ4n) is 1.32. The number of carbonyl (C=O) groups excluding carboxylic acids is 3. The number of aromatic nitrogens is 1. The molecule has 115 valence electrons. The summed E-state index contributed by atoms with van der Waals surface area (Å²) in [6.07, 6.45) is 4.48. The summed E-state index contributed by atoms with van der Waals surface area (Å²) in [5.74, 6) is -0.898. The molecule has 0 aliphatic heterocycles. The number of hydrogen-bond acceptors (Lipinski definition) is 6. The van der Waals surface area contributed by atoms with Gasteiger partial charge in [0.1, 0.15) is 0 Å². The predicted molar refractivity (Wildman–Crippen MR) is 77.4 cm³/mol. The first kappa shape index (κ1) is 16.9. The molecular formula is C12H17N4O4S. The van der Waals surface area contributed by atoms with Crippen LogP contribution in [0, 0.1) is 6.42 Å². The minimum atomic E-state index is -0.703. The monoisotopic (exact) mass is 313 g/mol. The van der Waals surface area contributed by atoms with Gasteiger partial charge in [-0.05, 0) is 12.8 Å². The van der Waals surface area contributed by atoms with Gasteiger partial charge >= 0.3 is 6.09 Å². The molecule has 4 N–H and O–H groups in total. The molecule has 3 amide bonds. The molecule has 0 fully saturated rings. The number of nitrogens with two attached hydrogens (primary N) is 1. The van der Waals surface area contributed by atoms with Crippen molar-refractivity contribution in [2.24, 2.45) is 5.73 Å². The molecule has 0 spiro atoms. The van der Waals surface area contributed by atoms with E-state index in [1.807, 2.05) is 0 Å². The molecular weight excluding hydrogens is 296 g/mol. The van der Waals surface area contributed by atoms with Crippen LogP contribution >= 0.6 is 11.3 Å². The summed E-state index contributed by atoms with van der Waals surface area (Å²) < 4.78 is 4.50. The van der Waals surface area contributed by atoms with Crippen molar-refractivity contribution in [1.29, 1.82) is 0 Å². The maximum absolute atomic E-state index is 11.5. The van der Waals surface area contributed by atoms with Crippen LogP contribution in [0.5, 0.6) is 0 Å². The van der Waals surface area contributed by atoms with Crippen molar-refractivity contribution >= 4 is 34.4 Å². The highest BCUT2D eigenvalue weighted by Crippen LogP contribution is 2.10. The second-order valence-corrected chi connectivity index (χ2v) is 4.89. The Morgan fingerprint density at radius 3 is 2.86 bits per heavy atom. The van der Waals surface area contributed by atoms with Crippen LogP contribution in [0.25, 0.3) is 0 Å². The summed E-state index contributed by atoms with van der Waals surface area (Å²) in [7, 11) is 0. The molecule has 0 saturated carbocycles. The molecule has 0 saturated heterocycles. The van der Waals surface area contributed by atoms with Gasteiger partial charge in [0.15, 0.2) is 11.7 Å². The summed E-state index contributed by atoms with van der Waals surface area (Å²) in [6, 6.07) is 0. The number of primary amides is 1. The van der Waals surface area contributed by atoms with Crippen LogP contribution in [-0.4, -0.2) is 36.0 Å². The normalized spacial score (nSPS) is 9.90. The van der Waals surface area contributed by atoms with Crippen LogP contribution in [0.15, 0.2) is 11.6 Å². The fraction of sp³-hybridized carbons (Fsp3) is 0.417. The zero-order valence-electron chi connectivity index (χ0n) is 11.3. The first-order valence-electron chi connectivity index (χ1n) is 6.30. The Hall–Kier alpha value is -2.16. The molecule has 1 radical (unpaired) electrons. The van der Waals surface area contributed by atoms with Crippen molar-refractivity contribution in [2.75, 3.05) is 18.5 Å². The molecule has 9 heteroatoms. The van der Waals surface area contributed by atoms with E-state index < -0.39 is 18.6 Å². The molecule has 0 aliphatic rings. The van der Waals surface area contributed by atoms with Gasteiger partial charge in [-0.15, -0.1) is 11.3 Å². The van der Waals surface area contributed by atoms with E-state index in [4.69, 9.17) is 5.73 Å². The highest BCUT2D eigenvalue weighted by atomic mass is 32.1. The van der Waals surface area contributed by atoms with E-state index in [1.54, 1.807) is 11.6 Å². The molecule has 0 unspecified atom stereocenters. The number of hydrogen-bond donors (Lipinski definition) is 3. The number of nitrogens with one attached hydrogen (secondary N) is 2. The van der Waals surface area contributed by atoms with E-state index in [9.17, 15) is 14.4 Å². The molecule has 0 aromatic carbocycles. The Kier molecular flexibility index (Phi) is 7.80. The van der Waals surface area contributed by atoms with Crippen molar-refractivity contribution in [3.05, 3.63) is 18.0 Å². The first-order chi connectivity index (χ1) is 10.1. The van der Waals surface area contributed by atoms with Gasteiger partial charge in [-0.1, -0.05) is 6.42 Å². The number of alkyl carbamates (subject to hydrolysis) is 1.